The number of nitrogens with zero attached hydrogens (tertiary/aromatic N) is 6. The van der Waals surface area contributed by atoms with E-state index in [-0.39, 0.29) is 77.2 Å². The summed E-state index contributed by atoms with van der Waals surface area (Å²) in [6.07, 6.45) is 6.46. The fourth-order valence-corrected chi connectivity index (χ4v) is 11.9. The summed E-state index contributed by atoms with van der Waals surface area (Å²) >= 11 is 0. The number of benzene rings is 3. The van der Waals surface area contributed by atoms with E-state index in [9.17, 15) is 52.2 Å². The number of carboxylic acid groups (broad SMARTS) is 2. The van der Waals surface area contributed by atoms with Crippen LogP contribution in [0.5, 0.6) is 11.5 Å². The predicted molar refractivity (Wildman–Crippen MR) is 352 cm³/mol. The summed E-state index contributed by atoms with van der Waals surface area (Å²) in [7, 11) is 11.7. The minimum Gasteiger partial charge on any atom is -0.494 e. The van der Waals surface area contributed by atoms with Crippen molar-refractivity contribution in [2.24, 2.45) is 7.05 Å². The molecule has 29 nitrogen and oxygen atoms in total. The quantitative estimate of drug-likeness (QED) is 0.0199. The molecular weight excluding hydrogens is 1260 g/mol. The maximum Gasteiger partial charge on any atom is 0.323 e. The van der Waals surface area contributed by atoms with Crippen LogP contribution in [0.1, 0.15) is 58.3 Å². The number of sulfonamides is 1. The summed E-state index contributed by atoms with van der Waals surface area (Å²) in [5, 5.41) is 33.9. The smallest absolute Gasteiger partial charge is 0.323 e. The number of amides is 4. The molecule has 6 rings (SSSR count). The van der Waals surface area contributed by atoms with Crippen LogP contribution in [-0.2, 0) is 68.2 Å². The third-order valence-electron chi connectivity index (χ3n) is 15.0. The Hall–Kier alpha value is -7.64. The lowest BCUT2D eigenvalue weighted by Crippen LogP contribution is -2.52. The first kappa shape index (κ1) is 75.4. The molecule has 94 heavy (non-hydrogen) atoms. The first-order valence-electron chi connectivity index (χ1n) is 30.9. The van der Waals surface area contributed by atoms with Crippen LogP contribution in [0.25, 0.3) is 10.9 Å². The second kappa shape index (κ2) is 39.3. The van der Waals surface area contributed by atoms with Gasteiger partial charge in [-0.1, -0.05) is 18.2 Å². The number of H-pyrrole nitrogens is 1. The highest BCUT2D eigenvalue weighted by molar-refractivity contribution is 7.89. The van der Waals surface area contributed by atoms with Crippen molar-refractivity contribution in [3.05, 3.63) is 125 Å². The monoisotopic (exact) mass is 1350 g/mol. The number of carbonyl (C=O) groups is 6. The minimum atomic E-state index is -4.46. The van der Waals surface area contributed by atoms with E-state index in [0.29, 0.717) is 154 Å². The van der Waals surface area contributed by atoms with Crippen molar-refractivity contribution in [2.45, 2.75) is 69.5 Å². The van der Waals surface area contributed by atoms with Crippen LogP contribution in [0, 0.1) is 27.9 Å². The van der Waals surface area contributed by atoms with Crippen molar-refractivity contribution in [2.75, 3.05) is 137 Å². The normalized spacial score (nSPS) is 14.7. The van der Waals surface area contributed by atoms with Gasteiger partial charge in [-0.15, -0.1) is 0 Å². The second-order valence-electron chi connectivity index (χ2n) is 22.5. The lowest BCUT2D eigenvalue weighted by atomic mass is 10.0. The highest BCUT2D eigenvalue weighted by atomic mass is 32.2. The fraction of sp³-hybridized carbons (Fsp3) is 0.492. The molecule has 1 fully saturated rings. The van der Waals surface area contributed by atoms with Crippen LogP contribution in [0.4, 0.5) is 5.95 Å². The predicted octanol–water partition coefficient (Wildman–Crippen LogP) is 1.41. The van der Waals surface area contributed by atoms with Crippen LogP contribution in [0.15, 0.2) is 82.9 Å². The van der Waals surface area contributed by atoms with Crippen molar-refractivity contribution in [3.8, 4) is 11.5 Å². The Morgan fingerprint density at radius 1 is 0.713 bits per heavy atom. The number of carbonyl (C=O) groups excluding carboxylic acids is 4. The summed E-state index contributed by atoms with van der Waals surface area (Å²) in [6.45, 7) is 8.97. The molecule has 0 spiro atoms. The highest BCUT2D eigenvalue weighted by Gasteiger charge is 2.30. The van der Waals surface area contributed by atoms with Gasteiger partial charge in [-0.3, -0.25) is 53.2 Å². The molecule has 0 bridgehead atoms. The van der Waals surface area contributed by atoms with E-state index >= 15 is 0 Å². The van der Waals surface area contributed by atoms with Crippen LogP contribution in [0.2, 0.25) is 0 Å². The molecule has 31 heteroatoms. The number of fused-ring (bicyclic) bond motifs is 1. The number of pyridine rings is 1. The molecular formula is C63H88N13O16PS. The van der Waals surface area contributed by atoms with Crippen LogP contribution < -0.4 is 46.0 Å². The second-order valence-corrected chi connectivity index (χ2v) is 24.4. The fourth-order valence-electron chi connectivity index (χ4n) is 10.1. The summed E-state index contributed by atoms with van der Waals surface area (Å²) in [4.78, 5) is 104. The molecule has 3 atom stereocenters. The Bertz CT molecular complexity index is 3410. The molecule has 9 N–H and O–H groups in total. The number of aliphatic carboxylic acids is 2. The summed E-state index contributed by atoms with van der Waals surface area (Å²) < 4.78 is 59.1. The number of anilines is 1. The van der Waals surface area contributed by atoms with Crippen LogP contribution >= 0.6 is 9.47 Å². The summed E-state index contributed by atoms with van der Waals surface area (Å²) in [5.41, 5.74) is 1.90. The SMILES string of the molecule is [CH]N1CCN([CH])CCN(CC(=O)N[C@H](Cc2ccc(OP)cc2)C(=O)NCCCOCCOCCOCCCNC(=O)CCCOc2cc(C)c(S(=O)(=O)NC(CNC(=O)c3cn(C)c4cc(CNc5ncc[nH]5)ccc4c3=O)C(=O)O)c(C)c2)CCN(CC(=O)O)CC1. The zero-order valence-electron chi connectivity index (χ0n) is 53.4. The van der Waals surface area contributed by atoms with Gasteiger partial charge in [0.25, 0.3) is 5.91 Å². The van der Waals surface area contributed by atoms with Gasteiger partial charge in [0, 0.05) is 150 Å². The topological polar surface area (TPSA) is 359 Å². The zero-order valence-corrected chi connectivity index (χ0v) is 55.4. The van der Waals surface area contributed by atoms with Gasteiger partial charge in [0.15, 0.2) is 5.95 Å². The average molecular weight is 1350 g/mol. The van der Waals surface area contributed by atoms with Gasteiger partial charge in [-0.05, 0) is 91.8 Å². The Kier molecular flexibility index (Phi) is 31.5. The molecule has 3 heterocycles. The van der Waals surface area contributed by atoms with E-state index in [1.807, 2.05) is 17.0 Å². The van der Waals surface area contributed by atoms with Crippen molar-refractivity contribution in [3.63, 3.8) is 0 Å². The van der Waals surface area contributed by atoms with Gasteiger partial charge in [-0.25, -0.2) is 13.4 Å². The van der Waals surface area contributed by atoms with E-state index in [1.165, 1.54) is 32.2 Å². The first-order valence-corrected chi connectivity index (χ1v) is 32.9. The Morgan fingerprint density at radius 2 is 1.31 bits per heavy atom. The maximum atomic E-state index is 13.7. The number of nitrogens with one attached hydrogen (secondary N) is 7. The number of ether oxygens (including phenoxy) is 4. The van der Waals surface area contributed by atoms with Gasteiger partial charge in [-0.2, -0.15) is 4.72 Å². The van der Waals surface area contributed by atoms with Gasteiger partial charge in [0.05, 0.1) is 66.0 Å². The maximum absolute atomic E-state index is 13.7. The van der Waals surface area contributed by atoms with E-state index in [4.69, 9.17) is 37.6 Å². The molecule has 1 aliphatic heterocycles. The Balaban J connectivity index is 0.808. The van der Waals surface area contributed by atoms with Gasteiger partial charge < -0.3 is 69.8 Å². The number of aromatic amines is 1. The number of imidazole rings is 1. The molecule has 4 amide bonds. The average Bonchev–Trinajstić information content (AvgIpc) is 0.825. The van der Waals surface area contributed by atoms with Crippen molar-refractivity contribution < 1.29 is 70.9 Å². The Morgan fingerprint density at radius 3 is 1.91 bits per heavy atom. The molecule has 1 aliphatic rings. The molecule has 0 aliphatic carbocycles. The zero-order chi connectivity index (χ0) is 68.0. The van der Waals surface area contributed by atoms with E-state index in [2.05, 4.69) is 50.7 Å². The van der Waals surface area contributed by atoms with Crippen LogP contribution in [-0.4, -0.2) is 232 Å². The number of aryl methyl sites for hydroxylation is 3. The lowest BCUT2D eigenvalue weighted by molar-refractivity contribution is -0.139. The number of hydrogen-bond acceptors (Lipinski definition) is 20. The molecule has 1 saturated heterocycles. The standard InChI is InChI=1S/C63H88N13O16PS/c1-44-35-49(36-45(2)59(44)94(86,87)71-53(62(84)85)40-68-60(82)51-41-74(5)54-38-47(12-15-50(54)58(51)81)39-69-63-66-18-19-67-63)91-30-6-9-55(77)64-16-7-28-88-31-33-90-34-32-89-29-8-17-65-61(83)52(37-46-10-13-48(92-93)14-11-46)70-56(78)42-75-24-22-72(3)20-21-73(4)23-25-76(27-26-75)43-57(79)80/h3-4,10-15,18-19,35-36,38,41,52-53,71H,6-9,16-17,20-34,37,39-40,42-43,93H2,1-2,5H3,(H,64,77)(H,65,83)(H,68,82)(H,70,78)(H,79,80)(H,84,85)(H2,66,67,69)/t52-,53?/m1/s1. The number of aromatic nitrogens is 3. The van der Waals surface area contributed by atoms with E-state index < -0.39 is 51.9 Å². The third kappa shape index (κ3) is 25.9. The molecule has 4 radical (unpaired) electrons. The molecule has 2 unspecified atom stereocenters. The number of carboxylic acids is 2. The lowest BCUT2D eigenvalue weighted by Gasteiger charge is -2.31. The van der Waals surface area contributed by atoms with Crippen molar-refractivity contribution >= 4 is 71.9 Å². The molecule has 0 saturated carbocycles. The van der Waals surface area contributed by atoms with Gasteiger partial charge >= 0.3 is 11.9 Å². The molecule has 3 aromatic carbocycles. The van der Waals surface area contributed by atoms with Crippen molar-refractivity contribution in [1.82, 2.24) is 60.1 Å². The molecule has 5 aromatic rings. The molecule has 2 aromatic heterocycles. The van der Waals surface area contributed by atoms with Crippen LogP contribution in [0.3, 0.4) is 0 Å². The Labute approximate surface area is 550 Å². The minimum absolute atomic E-state index is 0.0380. The number of rotatable bonds is 38. The summed E-state index contributed by atoms with van der Waals surface area (Å²) in [5.74, 6) is -2.78. The van der Waals surface area contributed by atoms with Gasteiger partial charge in [0.1, 0.15) is 29.1 Å². The first-order chi connectivity index (χ1) is 45.1. The highest BCUT2D eigenvalue weighted by Crippen LogP contribution is 2.27. The van der Waals surface area contributed by atoms with E-state index in [0.717, 1.165) is 11.1 Å². The van der Waals surface area contributed by atoms with Crippen molar-refractivity contribution in [1.29, 1.82) is 0 Å². The van der Waals surface area contributed by atoms with Gasteiger partial charge in [0.2, 0.25) is 33.2 Å². The van der Waals surface area contributed by atoms with E-state index in [1.54, 1.807) is 69.0 Å². The molecule has 512 valence electrons. The number of hydrogen-bond donors (Lipinski definition) is 9. The largest absolute Gasteiger partial charge is 0.494 e. The third-order valence-corrected chi connectivity index (χ3v) is 17.1. The summed E-state index contributed by atoms with van der Waals surface area (Å²) in [6, 6.07) is 12.6.